The van der Waals surface area contributed by atoms with Crippen molar-refractivity contribution < 1.29 is 4.74 Å². The van der Waals surface area contributed by atoms with Crippen LogP contribution in [0, 0.1) is 0 Å². The molecule has 0 aliphatic carbocycles. The van der Waals surface area contributed by atoms with Gasteiger partial charge in [0.15, 0.2) is 5.16 Å². The van der Waals surface area contributed by atoms with Crippen molar-refractivity contribution in [2.45, 2.75) is 51.1 Å². The average molecular weight is 387 g/mol. The van der Waals surface area contributed by atoms with Crippen LogP contribution in [0.2, 0.25) is 0 Å². The Morgan fingerprint density at radius 2 is 2.19 bits per heavy atom. The van der Waals surface area contributed by atoms with E-state index in [0.717, 1.165) is 39.1 Å². The summed E-state index contributed by atoms with van der Waals surface area (Å²) in [6.07, 6.45) is 2.70. The predicted octanol–water partition coefficient (Wildman–Crippen LogP) is 4.66. The fourth-order valence-corrected chi connectivity index (χ4v) is 4.85. The Morgan fingerprint density at radius 3 is 2.96 bits per heavy atom. The average Bonchev–Trinajstić information content (AvgIpc) is 2.97. The van der Waals surface area contributed by atoms with Crippen molar-refractivity contribution in [3.63, 3.8) is 0 Å². The first-order chi connectivity index (χ1) is 12.6. The largest absolute Gasteiger partial charge is 0.370 e. The number of nitrogens with zero attached hydrogens (tertiary/aromatic N) is 3. The van der Waals surface area contributed by atoms with Gasteiger partial charge in [-0.25, -0.2) is 9.97 Å². The number of thiophene rings is 1. The zero-order chi connectivity index (χ0) is 18.1. The van der Waals surface area contributed by atoms with Gasteiger partial charge in [0.2, 0.25) is 0 Å². The van der Waals surface area contributed by atoms with E-state index in [1.54, 1.807) is 23.1 Å². The first kappa shape index (κ1) is 17.7. The summed E-state index contributed by atoms with van der Waals surface area (Å²) < 4.78 is 5.99. The van der Waals surface area contributed by atoms with Crippen molar-refractivity contribution in [2.24, 2.45) is 0 Å². The minimum atomic E-state index is -0.157. The lowest BCUT2D eigenvalue weighted by Crippen LogP contribution is -2.31. The molecular formula is C19H22N4OS2. The summed E-state index contributed by atoms with van der Waals surface area (Å²) in [4.78, 5) is 16.3. The van der Waals surface area contributed by atoms with Gasteiger partial charge >= 0.3 is 0 Å². The summed E-state index contributed by atoms with van der Waals surface area (Å²) in [7, 11) is 0. The molecule has 0 bridgehead atoms. The topological polar surface area (TPSA) is 59.9 Å². The minimum absolute atomic E-state index is 0.157. The number of thioether (sulfide) groups is 1. The Balaban J connectivity index is 1.76. The highest BCUT2D eigenvalue weighted by molar-refractivity contribution is 7.99. The van der Waals surface area contributed by atoms with Gasteiger partial charge in [0.05, 0.1) is 29.8 Å². The molecular weight excluding hydrogens is 364 g/mol. The quantitative estimate of drug-likeness (QED) is 0.508. The molecule has 0 saturated carbocycles. The van der Waals surface area contributed by atoms with E-state index in [2.05, 4.69) is 31.1 Å². The molecule has 0 aromatic carbocycles. The summed E-state index contributed by atoms with van der Waals surface area (Å²) in [6, 6.07) is 5.96. The first-order valence-corrected chi connectivity index (χ1v) is 10.6. The molecule has 7 heteroatoms. The predicted molar refractivity (Wildman–Crippen MR) is 108 cm³/mol. The van der Waals surface area contributed by atoms with E-state index in [1.165, 1.54) is 10.4 Å². The Labute approximate surface area is 161 Å². The van der Waals surface area contributed by atoms with E-state index in [4.69, 9.17) is 14.7 Å². The SMILES string of the molecule is CCSc1nc(NCc2ccccn2)c2c3c(sc2n1)COC(C)(C)C3. The second-order valence-electron chi connectivity index (χ2n) is 6.87. The smallest absolute Gasteiger partial charge is 0.190 e. The lowest BCUT2D eigenvalue weighted by molar-refractivity contribution is -0.0379. The van der Waals surface area contributed by atoms with E-state index in [9.17, 15) is 0 Å². The van der Waals surface area contributed by atoms with Crippen molar-refractivity contribution in [3.05, 3.63) is 40.5 Å². The van der Waals surface area contributed by atoms with E-state index < -0.39 is 0 Å². The molecule has 1 N–H and O–H groups in total. The maximum atomic E-state index is 5.99. The third-order valence-corrected chi connectivity index (χ3v) is 6.18. The van der Waals surface area contributed by atoms with Gasteiger partial charge in [-0.15, -0.1) is 11.3 Å². The molecule has 3 aromatic heterocycles. The first-order valence-electron chi connectivity index (χ1n) is 8.78. The zero-order valence-electron chi connectivity index (χ0n) is 15.2. The molecule has 4 rings (SSSR count). The molecule has 0 saturated heterocycles. The normalized spacial score (nSPS) is 15.8. The molecule has 0 spiro atoms. The molecule has 4 heterocycles. The van der Waals surface area contributed by atoms with Crippen LogP contribution in [-0.4, -0.2) is 26.3 Å². The van der Waals surface area contributed by atoms with Crippen LogP contribution < -0.4 is 5.32 Å². The molecule has 136 valence electrons. The van der Waals surface area contributed by atoms with E-state index >= 15 is 0 Å². The Kier molecular flexibility index (Phi) is 4.86. The van der Waals surface area contributed by atoms with E-state index in [1.807, 2.05) is 24.4 Å². The van der Waals surface area contributed by atoms with Crippen molar-refractivity contribution in [1.82, 2.24) is 15.0 Å². The number of aromatic nitrogens is 3. The van der Waals surface area contributed by atoms with Crippen molar-refractivity contribution >= 4 is 39.1 Å². The third kappa shape index (κ3) is 3.56. The maximum absolute atomic E-state index is 5.99. The lowest BCUT2D eigenvalue weighted by atomic mass is 9.94. The number of hydrogen-bond acceptors (Lipinski definition) is 7. The molecule has 0 amide bonds. The number of pyridine rings is 1. The number of ether oxygens (including phenoxy) is 1. The van der Waals surface area contributed by atoms with Crippen LogP contribution in [0.3, 0.4) is 0 Å². The van der Waals surface area contributed by atoms with Gasteiger partial charge in [-0.05, 0) is 37.3 Å². The summed E-state index contributed by atoms with van der Waals surface area (Å²) in [5, 5.41) is 5.48. The number of fused-ring (bicyclic) bond motifs is 3. The Morgan fingerprint density at radius 1 is 1.31 bits per heavy atom. The van der Waals surface area contributed by atoms with Gasteiger partial charge in [-0.3, -0.25) is 4.98 Å². The van der Waals surface area contributed by atoms with Gasteiger partial charge in [-0.1, -0.05) is 24.8 Å². The highest BCUT2D eigenvalue weighted by atomic mass is 32.2. The van der Waals surface area contributed by atoms with Crippen molar-refractivity contribution in [2.75, 3.05) is 11.1 Å². The van der Waals surface area contributed by atoms with Crippen LogP contribution in [0.1, 0.15) is 36.9 Å². The Bertz CT molecular complexity index is 924. The highest BCUT2D eigenvalue weighted by Crippen LogP contribution is 2.41. The van der Waals surface area contributed by atoms with Crippen LogP contribution in [0.25, 0.3) is 10.2 Å². The van der Waals surface area contributed by atoms with Gasteiger partial charge in [0, 0.05) is 17.5 Å². The summed E-state index contributed by atoms with van der Waals surface area (Å²) in [5.74, 6) is 1.86. The molecule has 26 heavy (non-hydrogen) atoms. The van der Waals surface area contributed by atoms with Gasteiger partial charge in [0.1, 0.15) is 10.6 Å². The summed E-state index contributed by atoms with van der Waals surface area (Å²) in [6.45, 7) is 7.70. The third-order valence-electron chi connectivity index (χ3n) is 4.35. The van der Waals surface area contributed by atoms with E-state index in [0.29, 0.717) is 13.2 Å². The molecule has 1 aliphatic rings. The fraction of sp³-hybridized carbons (Fsp3) is 0.421. The minimum Gasteiger partial charge on any atom is -0.370 e. The number of hydrogen-bond donors (Lipinski definition) is 1. The number of rotatable bonds is 5. The zero-order valence-corrected chi connectivity index (χ0v) is 16.8. The number of nitrogens with one attached hydrogen (secondary N) is 1. The summed E-state index contributed by atoms with van der Waals surface area (Å²) >= 11 is 3.40. The van der Waals surface area contributed by atoms with Crippen LogP contribution in [0.5, 0.6) is 0 Å². The van der Waals surface area contributed by atoms with E-state index in [-0.39, 0.29) is 5.60 Å². The molecule has 0 fully saturated rings. The standard InChI is InChI=1S/C19H22N4OS2/c1-4-25-18-22-16(21-10-12-7-5-6-8-20-12)15-13-9-19(2,3)24-11-14(13)26-17(15)23-18/h5-8H,4,9-11H2,1-3H3,(H,21,22,23). The fourth-order valence-electron chi connectivity index (χ4n) is 3.12. The second-order valence-corrected chi connectivity index (χ2v) is 9.19. The molecule has 0 unspecified atom stereocenters. The van der Waals surface area contributed by atoms with Gasteiger partial charge in [-0.2, -0.15) is 0 Å². The van der Waals surface area contributed by atoms with Crippen LogP contribution in [-0.2, 0) is 24.3 Å². The van der Waals surface area contributed by atoms with Crippen molar-refractivity contribution in [1.29, 1.82) is 0 Å². The number of anilines is 1. The van der Waals surface area contributed by atoms with Gasteiger partial charge in [0.25, 0.3) is 0 Å². The van der Waals surface area contributed by atoms with Crippen LogP contribution in [0.4, 0.5) is 5.82 Å². The maximum Gasteiger partial charge on any atom is 0.190 e. The monoisotopic (exact) mass is 386 g/mol. The molecule has 3 aromatic rings. The molecule has 0 atom stereocenters. The highest BCUT2D eigenvalue weighted by Gasteiger charge is 2.31. The summed E-state index contributed by atoms with van der Waals surface area (Å²) in [5.41, 5.74) is 2.17. The second kappa shape index (κ2) is 7.13. The van der Waals surface area contributed by atoms with Gasteiger partial charge < -0.3 is 10.1 Å². The van der Waals surface area contributed by atoms with Crippen LogP contribution in [0.15, 0.2) is 29.6 Å². The molecule has 1 aliphatic heterocycles. The molecule has 0 radical (unpaired) electrons. The van der Waals surface area contributed by atoms with Crippen molar-refractivity contribution in [3.8, 4) is 0 Å². The molecule has 5 nitrogen and oxygen atoms in total. The Hall–Kier alpha value is -1.70. The van der Waals surface area contributed by atoms with Crippen LogP contribution >= 0.6 is 23.1 Å². The lowest BCUT2D eigenvalue weighted by Gasteiger charge is -2.30.